The minimum absolute atomic E-state index is 0.0634. The quantitative estimate of drug-likeness (QED) is 0.216. The molecule has 2 rings (SSSR count). The van der Waals surface area contributed by atoms with Gasteiger partial charge in [-0.3, -0.25) is 4.79 Å². The van der Waals surface area contributed by atoms with Crippen molar-refractivity contribution in [2.75, 3.05) is 39.4 Å². The van der Waals surface area contributed by atoms with E-state index in [4.69, 9.17) is 9.47 Å². The summed E-state index contributed by atoms with van der Waals surface area (Å²) >= 11 is 0. The monoisotopic (exact) mass is 551 g/mol. The second-order valence-corrected chi connectivity index (χ2v) is 11.2. The van der Waals surface area contributed by atoms with Crippen molar-refractivity contribution in [2.24, 2.45) is 0 Å². The Labute approximate surface area is 243 Å². The van der Waals surface area contributed by atoms with E-state index >= 15 is 0 Å². The highest BCUT2D eigenvalue weighted by molar-refractivity contribution is 5.97. The maximum atomic E-state index is 13.5. The van der Waals surface area contributed by atoms with Crippen LogP contribution in [0, 0.1) is 0 Å². The Morgan fingerprint density at radius 1 is 0.825 bits per heavy atom. The van der Waals surface area contributed by atoms with Crippen LogP contribution in [0.1, 0.15) is 91.4 Å². The highest BCUT2D eigenvalue weighted by atomic mass is 16.5. The number of nitrogens with zero attached hydrogens (tertiary/aromatic N) is 2. The van der Waals surface area contributed by atoms with E-state index in [-0.39, 0.29) is 11.9 Å². The van der Waals surface area contributed by atoms with Crippen LogP contribution in [0.25, 0.3) is 0 Å². The minimum atomic E-state index is -0.128. The zero-order chi connectivity index (χ0) is 29.5. The summed E-state index contributed by atoms with van der Waals surface area (Å²) in [6, 6.07) is 5.62. The molecule has 0 spiro atoms. The van der Waals surface area contributed by atoms with Gasteiger partial charge in [0.2, 0.25) is 0 Å². The second kappa shape index (κ2) is 17.8. The van der Waals surface area contributed by atoms with Crippen molar-refractivity contribution in [3.8, 4) is 11.5 Å². The zero-order valence-corrected chi connectivity index (χ0v) is 26.3. The van der Waals surface area contributed by atoms with Crippen molar-refractivity contribution in [1.82, 2.24) is 15.3 Å². The molecule has 0 bridgehead atoms. The Morgan fingerprint density at radius 3 is 1.85 bits per heavy atom. The van der Waals surface area contributed by atoms with E-state index in [1.165, 1.54) is 22.3 Å². The lowest BCUT2D eigenvalue weighted by Gasteiger charge is -2.24. The molecule has 1 aliphatic rings. The molecule has 1 heterocycles. The van der Waals surface area contributed by atoms with Gasteiger partial charge in [-0.05, 0) is 97.6 Å². The van der Waals surface area contributed by atoms with Crippen LogP contribution in [0.2, 0.25) is 0 Å². The van der Waals surface area contributed by atoms with Crippen LogP contribution in [0.4, 0.5) is 0 Å². The lowest BCUT2D eigenvalue weighted by molar-refractivity contribution is 0.0388. The highest BCUT2D eigenvalue weighted by Gasteiger charge is 2.29. The number of likely N-dealkylation sites (N-methyl/N-ethyl adjacent to an activating group) is 2. The summed E-state index contributed by atoms with van der Waals surface area (Å²) in [5.41, 5.74) is 5.76. The van der Waals surface area contributed by atoms with Crippen LogP contribution in [-0.4, -0.2) is 61.4 Å². The Kier molecular flexibility index (Phi) is 14.8. The van der Waals surface area contributed by atoms with Crippen molar-refractivity contribution in [2.45, 2.75) is 87.1 Å². The summed E-state index contributed by atoms with van der Waals surface area (Å²) in [6.45, 7) is 21.4. The van der Waals surface area contributed by atoms with Crippen LogP contribution < -0.4 is 14.8 Å². The third kappa shape index (κ3) is 12.1. The predicted molar refractivity (Wildman–Crippen MR) is 168 cm³/mol. The summed E-state index contributed by atoms with van der Waals surface area (Å²) in [7, 11) is 0. The van der Waals surface area contributed by atoms with E-state index in [1.807, 2.05) is 18.2 Å². The molecule has 40 heavy (non-hydrogen) atoms. The van der Waals surface area contributed by atoms with Gasteiger partial charge in [-0.15, -0.1) is 0 Å². The molecule has 0 saturated carbocycles. The number of hydrogen-bond donors (Lipinski definition) is 1. The van der Waals surface area contributed by atoms with E-state index in [9.17, 15) is 4.79 Å². The molecule has 1 amide bonds. The Bertz CT molecular complexity index is 1050. The van der Waals surface area contributed by atoms with E-state index < -0.39 is 0 Å². The molecule has 6 nitrogen and oxygen atoms in total. The third-order valence-electron chi connectivity index (χ3n) is 7.06. The van der Waals surface area contributed by atoms with Gasteiger partial charge in [-0.1, -0.05) is 48.3 Å². The van der Waals surface area contributed by atoms with Crippen LogP contribution in [0.15, 0.2) is 64.8 Å². The first-order valence-electron chi connectivity index (χ1n) is 14.9. The number of hydrogen-bond acceptors (Lipinski definition) is 5. The van der Waals surface area contributed by atoms with Crippen molar-refractivity contribution < 1.29 is 14.3 Å². The number of nitrogens with one attached hydrogen (secondary N) is 1. The van der Waals surface area contributed by atoms with Crippen LogP contribution in [-0.2, 0) is 0 Å². The maximum Gasteiger partial charge on any atom is 0.255 e. The lowest BCUT2D eigenvalue weighted by Crippen LogP contribution is -2.38. The van der Waals surface area contributed by atoms with Gasteiger partial charge in [-0.2, -0.15) is 0 Å². The average molecular weight is 552 g/mol. The van der Waals surface area contributed by atoms with Gasteiger partial charge >= 0.3 is 0 Å². The zero-order valence-electron chi connectivity index (χ0n) is 26.3. The lowest BCUT2D eigenvalue weighted by atomic mass is 10.1. The summed E-state index contributed by atoms with van der Waals surface area (Å²) in [5, 5.41) is 7.82. The first kappa shape index (κ1) is 33.4. The molecule has 222 valence electrons. The van der Waals surface area contributed by atoms with E-state index in [0.29, 0.717) is 30.3 Å². The number of carbonyl (C=O) groups excluding carboxylic acids is 1. The number of carbonyl (C=O) groups is 1. The van der Waals surface area contributed by atoms with Crippen LogP contribution in [0.5, 0.6) is 11.5 Å². The molecule has 1 N–H and O–H groups in total. The number of amides is 1. The van der Waals surface area contributed by atoms with Crippen molar-refractivity contribution in [3.05, 3.63) is 70.4 Å². The summed E-state index contributed by atoms with van der Waals surface area (Å²) in [6.07, 6.45) is 12.8. The molecule has 1 aromatic rings. The molecule has 1 aromatic carbocycles. The molecule has 0 radical (unpaired) electrons. The third-order valence-corrected chi connectivity index (χ3v) is 7.06. The van der Waals surface area contributed by atoms with Crippen molar-refractivity contribution in [3.63, 3.8) is 0 Å². The van der Waals surface area contributed by atoms with Gasteiger partial charge in [0.25, 0.3) is 5.91 Å². The van der Waals surface area contributed by atoms with Gasteiger partial charge in [0.05, 0.1) is 11.6 Å². The second-order valence-electron chi connectivity index (χ2n) is 11.2. The minimum Gasteiger partial charge on any atom is -0.490 e. The molecule has 0 aromatic heterocycles. The van der Waals surface area contributed by atoms with Crippen molar-refractivity contribution in [1.29, 1.82) is 0 Å². The fourth-order valence-corrected chi connectivity index (χ4v) is 4.65. The fraction of sp³-hybridized carbons (Fsp3) is 0.559. The molecular formula is C34H53N3O3. The Hall–Kier alpha value is -2.83. The largest absolute Gasteiger partial charge is 0.490 e. The summed E-state index contributed by atoms with van der Waals surface area (Å²) in [5.74, 6) is 1.11. The topological polar surface area (TPSA) is 54.0 Å². The summed E-state index contributed by atoms with van der Waals surface area (Å²) in [4.78, 5) is 13.5. The standard InChI is InChI=1S/C34H53N3O3/c1-9-36-24-30(25-37(36)10-2)35-34(38)32-23-31(39-21-19-28(7)15-11-13-26(3)4)17-18-33(32)40-22-20-29(8)16-12-14-27(5)6/h13-14,17-20,23,30H,9-12,15-16,21-22,24-25H2,1-8H3,(H,35,38)/b28-19+,29-20+. The first-order chi connectivity index (χ1) is 19.1. The first-order valence-corrected chi connectivity index (χ1v) is 14.9. The normalized spacial score (nSPS) is 15.2. The number of benzene rings is 1. The molecule has 1 saturated heterocycles. The highest BCUT2D eigenvalue weighted by Crippen LogP contribution is 2.26. The van der Waals surface area contributed by atoms with Gasteiger partial charge in [0.1, 0.15) is 24.7 Å². The molecule has 1 fully saturated rings. The average Bonchev–Trinajstić information content (AvgIpc) is 3.30. The molecule has 0 aliphatic carbocycles. The predicted octanol–water partition coefficient (Wildman–Crippen LogP) is 7.50. The van der Waals surface area contributed by atoms with Crippen molar-refractivity contribution >= 4 is 5.91 Å². The van der Waals surface area contributed by atoms with Crippen LogP contribution in [0.3, 0.4) is 0 Å². The van der Waals surface area contributed by atoms with E-state index in [1.54, 1.807) is 0 Å². The maximum absolute atomic E-state index is 13.5. The smallest absolute Gasteiger partial charge is 0.255 e. The van der Waals surface area contributed by atoms with E-state index in [2.05, 4.69) is 95.0 Å². The molecular weight excluding hydrogens is 498 g/mol. The Balaban J connectivity index is 2.12. The molecule has 0 atom stereocenters. The molecule has 1 aliphatic heterocycles. The number of ether oxygens (including phenoxy) is 2. The SMILES string of the molecule is CCN1CC(NC(=O)c2cc(OC/C=C(\C)CCC=C(C)C)ccc2OC/C=C(\C)CCC=C(C)C)CN1CC. The Morgan fingerprint density at radius 2 is 1.35 bits per heavy atom. The summed E-state index contributed by atoms with van der Waals surface area (Å²) < 4.78 is 12.2. The molecule has 6 heteroatoms. The van der Waals surface area contributed by atoms with Gasteiger partial charge < -0.3 is 14.8 Å². The molecule has 0 unspecified atom stereocenters. The fourth-order valence-electron chi connectivity index (χ4n) is 4.65. The van der Waals surface area contributed by atoms with E-state index in [0.717, 1.165) is 51.9 Å². The number of rotatable bonds is 16. The number of hydrazine groups is 1. The van der Waals surface area contributed by atoms with Gasteiger partial charge in [-0.25, -0.2) is 10.0 Å². The van der Waals surface area contributed by atoms with Crippen LogP contribution >= 0.6 is 0 Å². The van der Waals surface area contributed by atoms with Gasteiger partial charge in [0, 0.05) is 26.2 Å². The van der Waals surface area contributed by atoms with Gasteiger partial charge in [0.15, 0.2) is 0 Å². The number of allylic oxidation sites excluding steroid dienone is 6.